The number of hydrogen-bond donors (Lipinski definition) is 2. The zero-order valence-electron chi connectivity index (χ0n) is 39.8. The fourth-order valence-corrected chi connectivity index (χ4v) is 15.5. The minimum Gasteiger partial charge on any atom is -0.486 e. The van der Waals surface area contributed by atoms with Gasteiger partial charge >= 0.3 is 17.9 Å². The van der Waals surface area contributed by atoms with Crippen LogP contribution in [-0.2, 0) is 73.5 Å². The first-order chi connectivity index (χ1) is 37.0. The first-order valence-electron chi connectivity index (χ1n) is 23.7. The average molecular weight is 1120 g/mol. The number of β-lactam (4-membered cyclic amide) rings is 2. The molecular weight excluding hydrogens is 1080 g/mol. The Morgan fingerprint density at radius 1 is 0.675 bits per heavy atom. The van der Waals surface area contributed by atoms with E-state index in [-0.39, 0.29) is 118 Å². The van der Waals surface area contributed by atoms with E-state index in [1.807, 2.05) is 10.8 Å². The second kappa shape index (κ2) is 20.3. The number of amides is 2. The highest BCUT2D eigenvalue weighted by atomic mass is 32.2. The number of hydrogen-bond acceptors (Lipinski definition) is 15. The van der Waals surface area contributed by atoms with E-state index < -0.39 is 103 Å². The van der Waals surface area contributed by atoms with Crippen LogP contribution in [0.2, 0.25) is 0 Å². The van der Waals surface area contributed by atoms with Crippen LogP contribution in [0.15, 0.2) is 130 Å². The molecule has 77 heavy (non-hydrogen) atoms. The summed E-state index contributed by atoms with van der Waals surface area (Å²) in [5.74, 6) is -10.6. The van der Waals surface area contributed by atoms with Crippen molar-refractivity contribution in [1.82, 2.24) is 9.80 Å². The second-order valence-corrected chi connectivity index (χ2v) is 23.7. The molecule has 2 saturated heterocycles. The Hall–Kier alpha value is -7.73. The number of thiophene rings is 2. The number of carbonyl (C=O) groups is 7. The fraction of sp³-hybridized carbons (Fsp3) is 0.241. The third-order valence-electron chi connectivity index (χ3n) is 13.9. The molecule has 0 radical (unpaired) electrons. The highest BCUT2D eigenvalue weighted by Crippen LogP contribution is 2.58. The Morgan fingerprint density at radius 3 is 1.58 bits per heavy atom. The van der Waals surface area contributed by atoms with E-state index in [4.69, 9.17) is 18.9 Å². The minimum atomic E-state index is -1.94. The van der Waals surface area contributed by atoms with Gasteiger partial charge in [0.05, 0.1) is 40.0 Å². The van der Waals surface area contributed by atoms with Gasteiger partial charge in [0, 0.05) is 74.7 Å². The zero-order valence-corrected chi connectivity index (χ0v) is 43.1. The molecular formula is C54H40F2N2O15S4. The number of esters is 1. The smallest absolute Gasteiger partial charge is 0.352 e. The van der Waals surface area contributed by atoms with Gasteiger partial charge in [0.1, 0.15) is 58.4 Å². The number of benzene rings is 3. The first kappa shape index (κ1) is 51.4. The second-order valence-electron chi connectivity index (χ2n) is 18.5. The molecule has 8 heterocycles. The Balaban J connectivity index is 0.811. The molecule has 2 fully saturated rings. The van der Waals surface area contributed by atoms with E-state index in [9.17, 15) is 52.2 Å². The topological polar surface area (TPSA) is 237 Å². The van der Waals surface area contributed by atoms with Crippen LogP contribution in [0.1, 0.15) is 49.6 Å². The van der Waals surface area contributed by atoms with Gasteiger partial charge in [-0.1, -0.05) is 42.5 Å². The summed E-state index contributed by atoms with van der Waals surface area (Å²) in [7, 11) is -3.53. The summed E-state index contributed by atoms with van der Waals surface area (Å²) in [5, 5.41) is 22.0. The SMILES string of the molecule is O=C(Cc1cccs1)CC1C(=O)N2C(C(=O)O)=C(/C=C/COc3cc4c(cc3F)C3(OC(=O)c5ccccc53)c3cc(F)c(OC/C=C/C5=C(C(=O)O)N6C(=O)C(CC(=O)Cc7cccs7)C6S(=O)C5)cc3O4)CS(=O)C12. The highest BCUT2D eigenvalue weighted by Gasteiger charge is 2.58. The molecule has 6 atom stereocenters. The van der Waals surface area contributed by atoms with Crippen LogP contribution in [0, 0.1) is 23.5 Å². The van der Waals surface area contributed by atoms with E-state index >= 15 is 8.78 Å². The van der Waals surface area contributed by atoms with Crippen LogP contribution in [0.25, 0.3) is 0 Å². The van der Waals surface area contributed by atoms with Gasteiger partial charge in [-0.05, 0) is 64.4 Å². The molecule has 0 aliphatic carbocycles. The van der Waals surface area contributed by atoms with Gasteiger partial charge in [-0.15, -0.1) is 22.7 Å². The number of rotatable bonds is 18. The van der Waals surface area contributed by atoms with Crippen molar-refractivity contribution in [3.05, 3.63) is 174 Å². The predicted octanol–water partition coefficient (Wildman–Crippen LogP) is 6.70. The number of ether oxygens (including phenoxy) is 4. The molecule has 23 heteroatoms. The standard InChI is InChI=1S/C54H40F2N2O15S4/c55-39-21-37-41(23-43(39)70-13-3-7-27-25-76(68)49-34(47(61)57(49)45(27)51(63)64)19-29(59)17-31-9-5-15-74-31)72-42-24-44(40(56)22-38(42)54(37)36-12-2-1-11-33(36)53(67)73-54)71-14-4-8-28-26-77(69)50-35(48(62)58(50)46(28)52(65)66)20-30(60)18-32-10-6-16-75-32/h1-12,15-16,21-24,34-35,49-50H,13-14,17-20,25-26H2,(H,63,64)(H,65,66)/b7-3+,8-4+. The molecule has 5 aromatic rings. The lowest BCUT2D eigenvalue weighted by molar-refractivity contribution is -0.154. The van der Waals surface area contributed by atoms with Crippen LogP contribution in [0.4, 0.5) is 8.78 Å². The number of fused-ring (bicyclic) bond motifs is 8. The Bertz CT molecular complexity index is 3370. The molecule has 6 unspecified atom stereocenters. The first-order valence-corrected chi connectivity index (χ1v) is 28.2. The monoisotopic (exact) mass is 1120 g/mol. The molecule has 6 aliphatic heterocycles. The lowest BCUT2D eigenvalue weighted by Crippen LogP contribution is -2.65. The summed E-state index contributed by atoms with van der Waals surface area (Å²) in [4.78, 5) is 94.2. The van der Waals surface area contributed by atoms with Gasteiger partial charge < -0.3 is 29.2 Å². The van der Waals surface area contributed by atoms with Crippen molar-refractivity contribution in [2.75, 3.05) is 24.7 Å². The van der Waals surface area contributed by atoms with Crippen LogP contribution in [0.3, 0.4) is 0 Å². The summed E-state index contributed by atoms with van der Waals surface area (Å²) >= 11 is 2.77. The Labute approximate surface area is 448 Å². The van der Waals surface area contributed by atoms with Crippen molar-refractivity contribution >= 4 is 85.6 Å². The summed E-state index contributed by atoms with van der Waals surface area (Å²) in [6, 6.07) is 17.9. The number of aliphatic carboxylic acids is 2. The Morgan fingerprint density at radius 2 is 1.14 bits per heavy atom. The highest BCUT2D eigenvalue weighted by molar-refractivity contribution is 7.86. The third kappa shape index (κ3) is 9.02. The summed E-state index contributed by atoms with van der Waals surface area (Å²) in [6.07, 6.45) is 5.14. The van der Waals surface area contributed by atoms with Gasteiger partial charge in [0.25, 0.3) is 0 Å². The molecule has 0 bridgehead atoms. The molecule has 17 nitrogen and oxygen atoms in total. The van der Waals surface area contributed by atoms with Crippen molar-refractivity contribution < 1.29 is 79.9 Å². The van der Waals surface area contributed by atoms with Gasteiger partial charge in [-0.25, -0.2) is 23.2 Å². The number of halogens is 2. The lowest BCUT2D eigenvalue weighted by atomic mass is 9.77. The van der Waals surface area contributed by atoms with Gasteiger partial charge in [0.15, 0.2) is 28.7 Å². The summed E-state index contributed by atoms with van der Waals surface area (Å²) in [6.45, 7) is -0.750. The third-order valence-corrected chi connectivity index (χ3v) is 19.0. The molecule has 2 N–H and O–H groups in total. The van der Waals surface area contributed by atoms with Crippen LogP contribution >= 0.6 is 22.7 Å². The van der Waals surface area contributed by atoms with Crippen molar-refractivity contribution in [1.29, 1.82) is 0 Å². The molecule has 394 valence electrons. The molecule has 1 spiro atoms. The fourth-order valence-electron chi connectivity index (χ4n) is 10.6. The molecule has 3 aromatic carbocycles. The summed E-state index contributed by atoms with van der Waals surface area (Å²) in [5.41, 5.74) is -2.31. The number of allylic oxidation sites excluding steroid dienone is 2. The van der Waals surface area contributed by atoms with Gasteiger partial charge in [-0.3, -0.25) is 37.4 Å². The molecule has 2 amide bonds. The number of carboxylic acid groups (broad SMARTS) is 2. The molecule has 2 aromatic heterocycles. The Kier molecular flexibility index (Phi) is 13.6. The van der Waals surface area contributed by atoms with Crippen LogP contribution in [-0.4, -0.2) is 105 Å². The number of ketones is 2. The molecule has 11 rings (SSSR count). The number of nitrogens with zero attached hydrogens (tertiary/aromatic N) is 2. The van der Waals surface area contributed by atoms with Gasteiger partial charge in [0.2, 0.25) is 11.8 Å². The molecule has 6 aliphatic rings. The van der Waals surface area contributed by atoms with Crippen molar-refractivity contribution in [2.24, 2.45) is 11.8 Å². The quantitative estimate of drug-likeness (QED) is 0.0686. The van der Waals surface area contributed by atoms with E-state index in [1.165, 1.54) is 65.2 Å². The van der Waals surface area contributed by atoms with Crippen molar-refractivity contribution in [2.45, 2.75) is 42.0 Å². The van der Waals surface area contributed by atoms with Gasteiger partial charge in [-0.2, -0.15) is 0 Å². The van der Waals surface area contributed by atoms with Crippen LogP contribution < -0.4 is 14.2 Å². The normalized spacial score (nSPS) is 23.9. The van der Waals surface area contributed by atoms with Crippen LogP contribution in [0.5, 0.6) is 23.0 Å². The maximum absolute atomic E-state index is 16.2. The lowest BCUT2D eigenvalue weighted by Gasteiger charge is -2.48. The average Bonchev–Trinajstić information content (AvgIpc) is 4.39. The largest absolute Gasteiger partial charge is 0.486 e. The zero-order chi connectivity index (χ0) is 54.0. The number of carbonyl (C=O) groups excluding carboxylic acids is 5. The minimum absolute atomic E-state index is 0.0208. The number of carboxylic acids is 2. The number of Topliss-reactive ketones (excluding diaryl/α,β-unsaturated/α-hetero) is 2. The summed E-state index contributed by atoms with van der Waals surface area (Å²) < 4.78 is 83.3. The van der Waals surface area contributed by atoms with E-state index in [0.29, 0.717) is 0 Å². The predicted molar refractivity (Wildman–Crippen MR) is 273 cm³/mol. The van der Waals surface area contributed by atoms with E-state index in [0.717, 1.165) is 31.7 Å². The van der Waals surface area contributed by atoms with E-state index in [1.54, 1.807) is 42.5 Å². The maximum Gasteiger partial charge on any atom is 0.352 e. The van der Waals surface area contributed by atoms with E-state index in [2.05, 4.69) is 0 Å². The van der Waals surface area contributed by atoms with Crippen molar-refractivity contribution in [3.8, 4) is 23.0 Å². The maximum atomic E-state index is 16.2. The van der Waals surface area contributed by atoms with Crippen molar-refractivity contribution in [3.63, 3.8) is 0 Å². The molecule has 0 saturated carbocycles.